The van der Waals surface area contributed by atoms with Crippen LogP contribution in [0.1, 0.15) is 50.2 Å². The van der Waals surface area contributed by atoms with Crippen LogP contribution in [0.2, 0.25) is 0 Å². The van der Waals surface area contributed by atoms with E-state index >= 15 is 0 Å². The van der Waals surface area contributed by atoms with Crippen LogP contribution in [-0.4, -0.2) is 25.8 Å². The van der Waals surface area contributed by atoms with Gasteiger partial charge in [0, 0.05) is 11.6 Å². The number of amides is 1. The number of carbonyl (C=O) groups is 2. The summed E-state index contributed by atoms with van der Waals surface area (Å²) in [5, 5.41) is 2.76. The van der Waals surface area contributed by atoms with E-state index in [1.165, 1.54) is 0 Å². The zero-order chi connectivity index (χ0) is 29.8. The van der Waals surface area contributed by atoms with Gasteiger partial charge in [0.05, 0.1) is 12.7 Å². The van der Waals surface area contributed by atoms with Gasteiger partial charge in [-0.1, -0.05) is 96.6 Å². The molecule has 43 heavy (non-hydrogen) atoms. The smallest absolute Gasteiger partial charge is 0.411 e. The SMILES string of the molecule is COc1ccc(C(OC(=O)c2cccc(NC(=O)OCC3c4ccccc4-c4ccccc43)c2)c2ccc(C)cc2)cc1. The fourth-order valence-electron chi connectivity index (χ4n) is 5.50. The molecule has 1 unspecified atom stereocenters. The summed E-state index contributed by atoms with van der Waals surface area (Å²) in [6, 6.07) is 38.3. The first kappa shape index (κ1) is 27.8. The van der Waals surface area contributed by atoms with Crippen molar-refractivity contribution in [3.8, 4) is 16.9 Å². The molecule has 6 nitrogen and oxygen atoms in total. The number of nitrogens with one attached hydrogen (secondary N) is 1. The van der Waals surface area contributed by atoms with Crippen molar-refractivity contribution in [2.75, 3.05) is 19.0 Å². The molecule has 0 aromatic heterocycles. The van der Waals surface area contributed by atoms with Crippen molar-refractivity contribution in [1.29, 1.82) is 0 Å². The number of carbonyl (C=O) groups excluding carboxylic acids is 2. The Kier molecular flexibility index (Phi) is 7.92. The second-order valence-electron chi connectivity index (χ2n) is 10.5. The van der Waals surface area contributed by atoms with Crippen molar-refractivity contribution < 1.29 is 23.8 Å². The van der Waals surface area contributed by atoms with Crippen LogP contribution < -0.4 is 10.1 Å². The van der Waals surface area contributed by atoms with Crippen LogP contribution in [0.25, 0.3) is 11.1 Å². The molecule has 0 radical (unpaired) electrons. The molecular weight excluding hydrogens is 538 g/mol. The number of hydrogen-bond acceptors (Lipinski definition) is 5. The highest BCUT2D eigenvalue weighted by molar-refractivity contribution is 5.93. The number of hydrogen-bond donors (Lipinski definition) is 1. The van der Waals surface area contributed by atoms with E-state index in [2.05, 4.69) is 29.6 Å². The normalized spacial score (nSPS) is 12.5. The number of esters is 1. The van der Waals surface area contributed by atoms with Crippen LogP contribution in [0, 0.1) is 6.92 Å². The molecule has 1 atom stereocenters. The van der Waals surface area contributed by atoms with Gasteiger partial charge in [-0.2, -0.15) is 0 Å². The molecule has 1 aliphatic rings. The third kappa shape index (κ3) is 5.99. The highest BCUT2D eigenvalue weighted by Crippen LogP contribution is 2.44. The van der Waals surface area contributed by atoms with Gasteiger partial charge in [-0.05, 0) is 70.6 Å². The molecule has 5 aromatic carbocycles. The number of aryl methyl sites for hydroxylation is 1. The van der Waals surface area contributed by atoms with Crippen molar-refractivity contribution in [2.24, 2.45) is 0 Å². The molecule has 0 aliphatic heterocycles. The third-order valence-corrected chi connectivity index (χ3v) is 7.71. The molecule has 6 heteroatoms. The van der Waals surface area contributed by atoms with Crippen LogP contribution in [-0.2, 0) is 9.47 Å². The standard InChI is InChI=1S/C37H31NO5/c1-24-14-16-25(17-15-24)35(26-18-20-29(41-2)21-19-26)43-36(39)27-8-7-9-28(22-27)38-37(40)42-23-34-32-12-5-3-10-30(32)31-11-4-6-13-33(31)34/h3-22,34-35H,23H2,1-2H3,(H,38,40). The van der Waals surface area contributed by atoms with E-state index in [9.17, 15) is 9.59 Å². The molecule has 1 amide bonds. The Morgan fingerprint density at radius 1 is 0.744 bits per heavy atom. The summed E-state index contributed by atoms with van der Waals surface area (Å²) < 4.78 is 17.0. The number of methoxy groups -OCH3 is 1. The van der Waals surface area contributed by atoms with Gasteiger partial charge in [0.2, 0.25) is 0 Å². The van der Waals surface area contributed by atoms with Gasteiger partial charge in [-0.15, -0.1) is 0 Å². The zero-order valence-electron chi connectivity index (χ0n) is 24.0. The van der Waals surface area contributed by atoms with Crippen molar-refractivity contribution in [3.05, 3.63) is 155 Å². The number of rotatable bonds is 8. The molecule has 0 spiro atoms. The monoisotopic (exact) mass is 569 g/mol. The lowest BCUT2D eigenvalue weighted by atomic mass is 9.98. The minimum atomic E-state index is -0.627. The lowest BCUT2D eigenvalue weighted by Crippen LogP contribution is -2.18. The molecule has 0 bridgehead atoms. The molecule has 0 saturated heterocycles. The summed E-state index contributed by atoms with van der Waals surface area (Å²) in [5.41, 5.74) is 8.11. The topological polar surface area (TPSA) is 73.9 Å². The first-order valence-corrected chi connectivity index (χ1v) is 14.1. The van der Waals surface area contributed by atoms with Crippen molar-refractivity contribution in [1.82, 2.24) is 0 Å². The number of ether oxygens (including phenoxy) is 3. The van der Waals surface area contributed by atoms with Gasteiger partial charge in [0.15, 0.2) is 6.10 Å². The molecule has 6 rings (SSSR count). The summed E-state index contributed by atoms with van der Waals surface area (Å²) in [6.07, 6.45) is -1.22. The molecule has 0 saturated carbocycles. The third-order valence-electron chi connectivity index (χ3n) is 7.71. The summed E-state index contributed by atoms with van der Waals surface area (Å²) in [5.74, 6) is 0.151. The summed E-state index contributed by atoms with van der Waals surface area (Å²) in [6.45, 7) is 2.20. The predicted octanol–water partition coefficient (Wildman–Crippen LogP) is 8.31. The summed E-state index contributed by atoms with van der Waals surface area (Å²) in [4.78, 5) is 26.2. The van der Waals surface area contributed by atoms with Gasteiger partial charge < -0.3 is 14.2 Å². The van der Waals surface area contributed by atoms with E-state index < -0.39 is 18.2 Å². The second-order valence-corrected chi connectivity index (χ2v) is 10.5. The lowest BCUT2D eigenvalue weighted by Gasteiger charge is -2.20. The molecule has 1 N–H and O–H groups in total. The Morgan fingerprint density at radius 3 is 1.98 bits per heavy atom. The Labute approximate surface area is 250 Å². The molecule has 214 valence electrons. The first-order valence-electron chi connectivity index (χ1n) is 14.1. The average Bonchev–Trinajstić information content (AvgIpc) is 3.37. The average molecular weight is 570 g/mol. The van der Waals surface area contributed by atoms with E-state index in [1.54, 1.807) is 31.4 Å². The number of anilines is 1. The van der Waals surface area contributed by atoms with Crippen LogP contribution >= 0.6 is 0 Å². The maximum absolute atomic E-state index is 13.4. The number of fused-ring (bicyclic) bond motifs is 3. The van der Waals surface area contributed by atoms with E-state index in [0.29, 0.717) is 17.0 Å². The minimum Gasteiger partial charge on any atom is -0.497 e. The van der Waals surface area contributed by atoms with Crippen LogP contribution in [0.3, 0.4) is 0 Å². The van der Waals surface area contributed by atoms with Crippen molar-refractivity contribution in [2.45, 2.75) is 18.9 Å². The quantitative estimate of drug-likeness (QED) is 0.190. The maximum atomic E-state index is 13.4. The van der Waals surface area contributed by atoms with Crippen LogP contribution in [0.5, 0.6) is 5.75 Å². The molecule has 1 aliphatic carbocycles. The minimum absolute atomic E-state index is 0.0453. The first-order chi connectivity index (χ1) is 21.0. The van der Waals surface area contributed by atoms with E-state index in [1.807, 2.05) is 79.7 Å². The predicted molar refractivity (Wildman–Crippen MR) is 167 cm³/mol. The van der Waals surface area contributed by atoms with E-state index in [-0.39, 0.29) is 12.5 Å². The summed E-state index contributed by atoms with van der Waals surface area (Å²) >= 11 is 0. The number of benzene rings is 5. The van der Waals surface area contributed by atoms with E-state index in [4.69, 9.17) is 14.2 Å². The Hall–Kier alpha value is -5.36. The van der Waals surface area contributed by atoms with Crippen molar-refractivity contribution in [3.63, 3.8) is 0 Å². The van der Waals surface area contributed by atoms with Crippen LogP contribution in [0.15, 0.2) is 121 Å². The molecule has 0 fully saturated rings. The van der Waals surface area contributed by atoms with Crippen molar-refractivity contribution >= 4 is 17.7 Å². The lowest BCUT2D eigenvalue weighted by molar-refractivity contribution is 0.0378. The van der Waals surface area contributed by atoms with Gasteiger partial charge >= 0.3 is 12.1 Å². The molecular formula is C37H31NO5. The zero-order valence-corrected chi connectivity index (χ0v) is 24.0. The van der Waals surface area contributed by atoms with E-state index in [0.717, 1.165) is 38.9 Å². The Balaban J connectivity index is 1.14. The van der Waals surface area contributed by atoms with Gasteiger partial charge in [-0.25, -0.2) is 9.59 Å². The fourth-order valence-corrected chi connectivity index (χ4v) is 5.50. The molecule has 5 aromatic rings. The van der Waals surface area contributed by atoms with Gasteiger partial charge in [0.25, 0.3) is 0 Å². The Morgan fingerprint density at radius 2 is 1.35 bits per heavy atom. The van der Waals surface area contributed by atoms with Gasteiger partial charge in [0.1, 0.15) is 12.4 Å². The largest absolute Gasteiger partial charge is 0.497 e. The Bertz CT molecular complexity index is 1720. The van der Waals surface area contributed by atoms with Crippen LogP contribution in [0.4, 0.5) is 10.5 Å². The fraction of sp³-hybridized carbons (Fsp3) is 0.135. The second kappa shape index (κ2) is 12.2. The summed E-state index contributed by atoms with van der Waals surface area (Å²) in [7, 11) is 1.61. The maximum Gasteiger partial charge on any atom is 0.411 e. The molecule has 0 heterocycles. The highest BCUT2D eigenvalue weighted by atomic mass is 16.6. The van der Waals surface area contributed by atoms with Gasteiger partial charge in [-0.3, -0.25) is 5.32 Å². The highest BCUT2D eigenvalue weighted by Gasteiger charge is 2.29.